The minimum Gasteiger partial charge on any atom is -0.464 e. The zero-order chi connectivity index (χ0) is 18.0. The van der Waals surface area contributed by atoms with Crippen molar-refractivity contribution in [2.24, 2.45) is 5.92 Å². The van der Waals surface area contributed by atoms with E-state index >= 15 is 0 Å². The average molecular weight is 357 g/mol. The quantitative estimate of drug-likeness (QED) is 0.588. The SMILES string of the molecule is C[N@+]12CCCC[C@H]1[C@H](COC(=O)C1(c3ccccc3)CCCC1)CCC2. The zero-order valence-corrected chi connectivity index (χ0v) is 16.3. The Labute approximate surface area is 158 Å². The molecule has 1 aliphatic carbocycles. The standard InChI is InChI=1S/C23H34NO2/c1-24-16-8-5-13-21(24)19(10-9-17-24)18-26-22(25)23(14-6-7-15-23)20-11-3-2-4-12-20/h2-4,11-12,19,21H,5-10,13-18H2,1H3/q+1/t19-,21-,24+/m0/s1. The van der Waals surface area contributed by atoms with E-state index in [2.05, 4.69) is 31.3 Å². The van der Waals surface area contributed by atoms with E-state index in [0.29, 0.717) is 18.6 Å². The Balaban J connectivity index is 1.46. The van der Waals surface area contributed by atoms with Crippen LogP contribution in [-0.2, 0) is 14.9 Å². The van der Waals surface area contributed by atoms with Crippen LogP contribution < -0.4 is 0 Å². The molecule has 3 fully saturated rings. The first-order chi connectivity index (χ1) is 12.6. The van der Waals surface area contributed by atoms with Crippen molar-refractivity contribution >= 4 is 5.97 Å². The van der Waals surface area contributed by atoms with Crippen molar-refractivity contribution < 1.29 is 14.0 Å². The molecule has 2 heterocycles. The molecule has 3 nitrogen and oxygen atoms in total. The lowest BCUT2D eigenvalue weighted by atomic mass is 9.78. The van der Waals surface area contributed by atoms with Gasteiger partial charge in [0.05, 0.1) is 38.2 Å². The Morgan fingerprint density at radius 1 is 1.04 bits per heavy atom. The molecule has 0 amide bonds. The monoisotopic (exact) mass is 356 g/mol. The summed E-state index contributed by atoms with van der Waals surface area (Å²) < 4.78 is 7.28. The number of carbonyl (C=O) groups is 1. The van der Waals surface area contributed by atoms with E-state index in [0.717, 1.165) is 31.2 Å². The molecular weight excluding hydrogens is 322 g/mol. The number of nitrogens with zero attached hydrogens (tertiary/aromatic N) is 1. The average Bonchev–Trinajstić information content (AvgIpc) is 3.17. The maximum Gasteiger partial charge on any atom is 0.316 e. The van der Waals surface area contributed by atoms with Gasteiger partial charge in [0, 0.05) is 12.3 Å². The number of rotatable bonds is 4. The summed E-state index contributed by atoms with van der Waals surface area (Å²) in [5, 5.41) is 0. The summed E-state index contributed by atoms with van der Waals surface area (Å²) in [5.74, 6) is 0.587. The second kappa shape index (κ2) is 7.34. The second-order valence-electron chi connectivity index (χ2n) is 9.15. The number of esters is 1. The van der Waals surface area contributed by atoms with E-state index in [9.17, 15) is 4.79 Å². The van der Waals surface area contributed by atoms with Gasteiger partial charge in [-0.05, 0) is 44.1 Å². The number of quaternary nitrogens is 1. The molecular formula is C23H34NO2+. The lowest BCUT2D eigenvalue weighted by Gasteiger charge is -2.51. The predicted octanol–water partition coefficient (Wildman–Crippen LogP) is 4.45. The molecule has 142 valence electrons. The molecule has 26 heavy (non-hydrogen) atoms. The number of piperidine rings is 2. The van der Waals surface area contributed by atoms with Crippen molar-refractivity contribution in [1.82, 2.24) is 0 Å². The molecule has 3 atom stereocenters. The second-order valence-corrected chi connectivity index (χ2v) is 9.15. The molecule has 1 aromatic carbocycles. The van der Waals surface area contributed by atoms with E-state index in [1.54, 1.807) is 0 Å². The van der Waals surface area contributed by atoms with Crippen LogP contribution in [0.4, 0.5) is 0 Å². The summed E-state index contributed by atoms with van der Waals surface area (Å²) in [4.78, 5) is 13.2. The molecule has 2 saturated heterocycles. The highest BCUT2D eigenvalue weighted by Gasteiger charge is 2.47. The van der Waals surface area contributed by atoms with E-state index in [1.165, 1.54) is 49.7 Å². The van der Waals surface area contributed by atoms with Crippen LogP contribution in [-0.4, -0.2) is 43.2 Å². The normalized spacial score (nSPS) is 33.4. The van der Waals surface area contributed by atoms with Crippen LogP contribution in [0.15, 0.2) is 30.3 Å². The van der Waals surface area contributed by atoms with Crippen LogP contribution in [0.3, 0.4) is 0 Å². The molecule has 0 N–H and O–H groups in total. The molecule has 3 heteroatoms. The predicted molar refractivity (Wildman–Crippen MR) is 104 cm³/mol. The van der Waals surface area contributed by atoms with Gasteiger partial charge in [-0.15, -0.1) is 0 Å². The van der Waals surface area contributed by atoms with Gasteiger partial charge in [-0.3, -0.25) is 4.79 Å². The highest BCUT2D eigenvalue weighted by molar-refractivity contribution is 5.83. The Kier molecular flexibility index (Phi) is 5.09. The maximum atomic E-state index is 13.2. The lowest BCUT2D eigenvalue weighted by Crippen LogP contribution is -2.61. The number of ether oxygens (including phenoxy) is 1. The van der Waals surface area contributed by atoms with Crippen molar-refractivity contribution in [2.45, 2.75) is 69.2 Å². The first-order valence-electron chi connectivity index (χ1n) is 10.7. The zero-order valence-electron chi connectivity index (χ0n) is 16.3. The molecule has 3 aliphatic rings. The van der Waals surface area contributed by atoms with E-state index in [-0.39, 0.29) is 11.4 Å². The summed E-state index contributed by atoms with van der Waals surface area (Å²) in [5.41, 5.74) is 0.769. The van der Waals surface area contributed by atoms with Gasteiger partial charge in [-0.1, -0.05) is 43.2 Å². The summed E-state index contributed by atoms with van der Waals surface area (Å²) in [6, 6.07) is 11.1. The van der Waals surface area contributed by atoms with Gasteiger partial charge >= 0.3 is 5.97 Å². The summed E-state index contributed by atoms with van der Waals surface area (Å²) >= 11 is 0. The minimum atomic E-state index is -0.388. The molecule has 0 radical (unpaired) electrons. The summed E-state index contributed by atoms with van der Waals surface area (Å²) in [6.45, 7) is 3.25. The Morgan fingerprint density at radius 2 is 1.77 bits per heavy atom. The molecule has 0 aromatic heterocycles. The molecule has 0 unspecified atom stereocenters. The van der Waals surface area contributed by atoms with Gasteiger partial charge in [0.25, 0.3) is 0 Å². The highest BCUT2D eigenvalue weighted by Crippen LogP contribution is 2.43. The number of carbonyl (C=O) groups excluding carboxylic acids is 1. The number of fused-ring (bicyclic) bond motifs is 1. The van der Waals surface area contributed by atoms with Crippen LogP contribution >= 0.6 is 0 Å². The van der Waals surface area contributed by atoms with E-state index in [4.69, 9.17) is 4.74 Å². The van der Waals surface area contributed by atoms with Crippen molar-refractivity contribution in [3.63, 3.8) is 0 Å². The van der Waals surface area contributed by atoms with Crippen molar-refractivity contribution in [3.05, 3.63) is 35.9 Å². The fraction of sp³-hybridized carbons (Fsp3) is 0.696. The van der Waals surface area contributed by atoms with E-state index in [1.807, 2.05) is 6.07 Å². The molecule has 1 saturated carbocycles. The van der Waals surface area contributed by atoms with Crippen LogP contribution in [0.5, 0.6) is 0 Å². The summed E-state index contributed by atoms with van der Waals surface area (Å²) in [6.07, 6.45) is 10.7. The van der Waals surface area contributed by atoms with Crippen LogP contribution in [0.1, 0.15) is 63.4 Å². The fourth-order valence-electron chi connectivity index (χ4n) is 6.10. The van der Waals surface area contributed by atoms with Crippen molar-refractivity contribution in [3.8, 4) is 0 Å². The molecule has 1 aromatic rings. The largest absolute Gasteiger partial charge is 0.464 e. The molecule has 2 aliphatic heterocycles. The number of hydrogen-bond acceptors (Lipinski definition) is 2. The lowest BCUT2D eigenvalue weighted by molar-refractivity contribution is -0.947. The Bertz CT molecular complexity index is 618. The number of benzene rings is 1. The van der Waals surface area contributed by atoms with Crippen LogP contribution in [0.25, 0.3) is 0 Å². The van der Waals surface area contributed by atoms with Gasteiger partial charge in [0.15, 0.2) is 0 Å². The van der Waals surface area contributed by atoms with Gasteiger partial charge < -0.3 is 9.22 Å². The highest BCUT2D eigenvalue weighted by atomic mass is 16.5. The van der Waals surface area contributed by atoms with Crippen molar-refractivity contribution in [2.75, 3.05) is 26.7 Å². The molecule has 0 bridgehead atoms. The fourth-order valence-corrected chi connectivity index (χ4v) is 6.10. The van der Waals surface area contributed by atoms with Crippen LogP contribution in [0.2, 0.25) is 0 Å². The molecule has 4 rings (SSSR count). The topological polar surface area (TPSA) is 26.3 Å². The Hall–Kier alpha value is -1.35. The van der Waals surface area contributed by atoms with E-state index < -0.39 is 0 Å². The first-order valence-corrected chi connectivity index (χ1v) is 10.7. The number of hydrogen-bond donors (Lipinski definition) is 0. The third kappa shape index (κ3) is 3.19. The minimum absolute atomic E-state index is 0.0387. The van der Waals surface area contributed by atoms with Crippen molar-refractivity contribution in [1.29, 1.82) is 0 Å². The third-order valence-electron chi connectivity index (χ3n) is 7.61. The summed E-state index contributed by atoms with van der Waals surface area (Å²) in [7, 11) is 2.43. The smallest absolute Gasteiger partial charge is 0.316 e. The van der Waals surface area contributed by atoms with Gasteiger partial charge in [0.1, 0.15) is 0 Å². The third-order valence-corrected chi connectivity index (χ3v) is 7.61. The van der Waals surface area contributed by atoms with Gasteiger partial charge in [-0.25, -0.2) is 0 Å². The first kappa shape index (κ1) is 18.0. The maximum absolute atomic E-state index is 13.2. The molecule has 0 spiro atoms. The Morgan fingerprint density at radius 3 is 2.54 bits per heavy atom. The van der Waals surface area contributed by atoms with Gasteiger partial charge in [-0.2, -0.15) is 0 Å². The van der Waals surface area contributed by atoms with Gasteiger partial charge in [0.2, 0.25) is 0 Å². The van der Waals surface area contributed by atoms with Crippen LogP contribution in [0, 0.1) is 5.92 Å².